The summed E-state index contributed by atoms with van der Waals surface area (Å²) in [5.74, 6) is 0.610. The van der Waals surface area contributed by atoms with E-state index in [1.54, 1.807) is 0 Å². The van der Waals surface area contributed by atoms with E-state index in [0.29, 0.717) is 29.3 Å². The Balaban J connectivity index is 1.78. The maximum atomic E-state index is 14.0. The van der Waals surface area contributed by atoms with E-state index < -0.39 is 18.0 Å². The molecule has 1 aromatic carbocycles. The van der Waals surface area contributed by atoms with Crippen LogP contribution in [-0.2, 0) is 0 Å². The molecule has 0 amide bonds. The number of nitrogens with one attached hydrogen (secondary N) is 1. The Morgan fingerprint density at radius 1 is 1.17 bits per heavy atom. The second-order valence-electron chi connectivity index (χ2n) is 6.49. The monoisotopic (exact) mass is 359 g/mol. The van der Waals surface area contributed by atoms with Crippen LogP contribution in [0, 0.1) is 11.7 Å². The van der Waals surface area contributed by atoms with Crippen molar-refractivity contribution in [2.24, 2.45) is 10.9 Å². The summed E-state index contributed by atoms with van der Waals surface area (Å²) in [5, 5.41) is 0. The molecule has 0 spiro atoms. The second-order valence-corrected chi connectivity index (χ2v) is 7.34. The maximum Gasteiger partial charge on any atom is 0.408 e. The zero-order valence-corrected chi connectivity index (χ0v) is 13.7. The van der Waals surface area contributed by atoms with E-state index in [4.69, 9.17) is 0 Å². The van der Waals surface area contributed by atoms with Crippen LogP contribution in [0.4, 0.5) is 28.9 Å². The van der Waals surface area contributed by atoms with Crippen LogP contribution in [-0.4, -0.2) is 24.6 Å². The number of amidine groups is 1. The minimum absolute atomic E-state index is 0.0410. The fourth-order valence-electron chi connectivity index (χ4n) is 3.31. The van der Waals surface area contributed by atoms with Gasteiger partial charge in [0.15, 0.2) is 0 Å². The molecule has 1 unspecified atom stereocenters. The Bertz CT molecular complexity index is 685. The molecular formula is C16H17F4N3S. The smallest absolute Gasteiger partial charge is 0.358 e. The first-order valence-corrected chi connectivity index (χ1v) is 8.93. The van der Waals surface area contributed by atoms with E-state index in [-0.39, 0.29) is 18.7 Å². The fourth-order valence-corrected chi connectivity index (χ4v) is 4.16. The summed E-state index contributed by atoms with van der Waals surface area (Å²) in [7, 11) is 0. The van der Waals surface area contributed by atoms with Crippen molar-refractivity contribution in [3.63, 3.8) is 0 Å². The average Bonchev–Trinajstić information content (AvgIpc) is 3.38. The number of aliphatic imine (C=N–C) groups is 1. The molecule has 2 fully saturated rings. The third-order valence-electron chi connectivity index (χ3n) is 4.67. The Morgan fingerprint density at radius 2 is 1.96 bits per heavy atom. The van der Waals surface area contributed by atoms with Crippen LogP contribution in [0.3, 0.4) is 0 Å². The minimum Gasteiger partial charge on any atom is -0.358 e. The van der Waals surface area contributed by atoms with E-state index in [9.17, 15) is 17.6 Å². The number of halogens is 4. The Labute approximate surface area is 141 Å². The predicted molar refractivity (Wildman–Crippen MR) is 86.3 cm³/mol. The predicted octanol–water partition coefficient (Wildman–Crippen LogP) is 4.80. The molecule has 4 rings (SSSR count). The topological polar surface area (TPSA) is 27.6 Å². The highest BCUT2D eigenvalue weighted by Crippen LogP contribution is 2.46. The molecule has 2 aliphatic heterocycles. The van der Waals surface area contributed by atoms with E-state index >= 15 is 0 Å². The molecule has 0 radical (unpaired) electrons. The van der Waals surface area contributed by atoms with E-state index in [0.717, 1.165) is 18.7 Å². The third kappa shape index (κ3) is 2.96. The lowest BCUT2D eigenvalue weighted by molar-refractivity contribution is -0.152. The SMILES string of the molecule is Fc1cc2c(c(N3CCCCC3C(F)(F)F)c1)N=C(C1CC1)NS2. The van der Waals surface area contributed by atoms with Crippen LogP contribution in [0.2, 0.25) is 0 Å². The molecule has 1 saturated carbocycles. The Morgan fingerprint density at radius 3 is 2.67 bits per heavy atom. The normalized spacial score (nSPS) is 24.2. The molecule has 2 heterocycles. The molecule has 3 aliphatic rings. The molecule has 130 valence electrons. The average molecular weight is 359 g/mol. The van der Waals surface area contributed by atoms with Gasteiger partial charge in [0.2, 0.25) is 0 Å². The van der Waals surface area contributed by atoms with Crippen molar-refractivity contribution >= 4 is 29.2 Å². The standard InChI is InChI=1S/C16H17F4N3S/c17-10-7-11(23-6-2-1-3-13(23)16(18,19)20)14-12(8-10)24-22-15(21-14)9-4-5-9/h7-9,13H,1-6H2,(H,21,22). The van der Waals surface area contributed by atoms with Gasteiger partial charge in [-0.15, -0.1) is 0 Å². The van der Waals surface area contributed by atoms with Gasteiger partial charge in [0.25, 0.3) is 0 Å². The quantitative estimate of drug-likeness (QED) is 0.607. The zero-order chi connectivity index (χ0) is 16.9. The molecular weight excluding hydrogens is 342 g/mol. The van der Waals surface area contributed by atoms with E-state index in [1.807, 2.05) is 0 Å². The van der Waals surface area contributed by atoms with Gasteiger partial charge >= 0.3 is 6.18 Å². The van der Waals surface area contributed by atoms with Crippen molar-refractivity contribution in [1.29, 1.82) is 0 Å². The van der Waals surface area contributed by atoms with Gasteiger partial charge in [-0.05, 0) is 56.2 Å². The van der Waals surface area contributed by atoms with Gasteiger partial charge in [-0.2, -0.15) is 13.2 Å². The van der Waals surface area contributed by atoms with Crippen LogP contribution >= 0.6 is 11.9 Å². The maximum absolute atomic E-state index is 14.0. The number of alkyl halides is 3. The van der Waals surface area contributed by atoms with Crippen molar-refractivity contribution in [2.45, 2.75) is 49.2 Å². The van der Waals surface area contributed by atoms with Gasteiger partial charge in [-0.1, -0.05) is 0 Å². The molecule has 0 aromatic heterocycles. The number of rotatable bonds is 2. The van der Waals surface area contributed by atoms with E-state index in [2.05, 4.69) is 9.71 Å². The number of nitrogens with zero attached hydrogens (tertiary/aromatic N) is 2. The van der Waals surface area contributed by atoms with Crippen LogP contribution in [0.1, 0.15) is 32.1 Å². The molecule has 0 bridgehead atoms. The highest BCUT2D eigenvalue weighted by molar-refractivity contribution is 7.98. The van der Waals surface area contributed by atoms with Gasteiger partial charge in [-0.25, -0.2) is 9.38 Å². The molecule has 1 N–H and O–H groups in total. The highest BCUT2D eigenvalue weighted by atomic mass is 32.2. The molecule has 1 saturated heterocycles. The number of hydrogen-bond acceptors (Lipinski definition) is 4. The van der Waals surface area contributed by atoms with Crippen LogP contribution in [0.5, 0.6) is 0 Å². The number of benzene rings is 1. The van der Waals surface area contributed by atoms with Crippen molar-refractivity contribution in [3.8, 4) is 0 Å². The number of fused-ring (bicyclic) bond motifs is 1. The van der Waals surface area contributed by atoms with Crippen LogP contribution in [0.15, 0.2) is 22.0 Å². The summed E-state index contributed by atoms with van der Waals surface area (Å²) in [6.07, 6.45) is -1.02. The summed E-state index contributed by atoms with van der Waals surface area (Å²) in [6, 6.07) is 0.954. The first-order valence-electron chi connectivity index (χ1n) is 8.12. The molecule has 3 nitrogen and oxygen atoms in total. The van der Waals surface area contributed by atoms with Gasteiger partial charge in [0, 0.05) is 12.5 Å². The van der Waals surface area contributed by atoms with Crippen LogP contribution < -0.4 is 9.62 Å². The summed E-state index contributed by atoms with van der Waals surface area (Å²) in [5.41, 5.74) is 0.734. The fraction of sp³-hybridized carbons (Fsp3) is 0.562. The summed E-state index contributed by atoms with van der Waals surface area (Å²) < 4.78 is 57.4. The molecule has 24 heavy (non-hydrogen) atoms. The second kappa shape index (κ2) is 5.82. The van der Waals surface area contributed by atoms with Crippen molar-refractivity contribution in [1.82, 2.24) is 4.72 Å². The lowest BCUT2D eigenvalue weighted by atomic mass is 10.00. The molecule has 1 atom stereocenters. The molecule has 1 aromatic rings. The van der Waals surface area contributed by atoms with E-state index in [1.165, 1.54) is 29.0 Å². The summed E-state index contributed by atoms with van der Waals surface area (Å²) in [4.78, 5) is 6.39. The van der Waals surface area contributed by atoms with Gasteiger partial charge in [0.1, 0.15) is 23.4 Å². The lowest BCUT2D eigenvalue weighted by Gasteiger charge is -2.39. The van der Waals surface area contributed by atoms with Crippen LogP contribution in [0.25, 0.3) is 0 Å². The minimum atomic E-state index is -4.33. The third-order valence-corrected chi connectivity index (χ3v) is 5.51. The lowest BCUT2D eigenvalue weighted by Crippen LogP contribution is -2.49. The van der Waals surface area contributed by atoms with Gasteiger partial charge in [-0.3, -0.25) is 0 Å². The van der Waals surface area contributed by atoms with Gasteiger partial charge in [0.05, 0.1) is 10.6 Å². The Kier molecular flexibility index (Phi) is 3.89. The number of hydrogen-bond donors (Lipinski definition) is 1. The summed E-state index contributed by atoms with van der Waals surface area (Å²) >= 11 is 1.24. The first-order chi connectivity index (χ1) is 11.4. The summed E-state index contributed by atoms with van der Waals surface area (Å²) in [6.45, 7) is 0.270. The van der Waals surface area contributed by atoms with Gasteiger partial charge < -0.3 is 9.62 Å². The van der Waals surface area contributed by atoms with Crippen molar-refractivity contribution in [3.05, 3.63) is 17.9 Å². The largest absolute Gasteiger partial charge is 0.408 e. The number of anilines is 1. The zero-order valence-electron chi connectivity index (χ0n) is 12.9. The number of piperidine rings is 1. The molecule has 1 aliphatic carbocycles. The molecule has 8 heteroatoms. The van der Waals surface area contributed by atoms with Crippen molar-refractivity contribution in [2.75, 3.05) is 11.4 Å². The first kappa shape index (κ1) is 16.1. The Hall–Kier alpha value is -1.44. The highest BCUT2D eigenvalue weighted by Gasteiger charge is 2.45. The van der Waals surface area contributed by atoms with Crippen molar-refractivity contribution < 1.29 is 17.6 Å².